The van der Waals surface area contributed by atoms with Crippen molar-refractivity contribution in [2.45, 2.75) is 6.92 Å². The maximum absolute atomic E-state index is 12.9. The fraction of sp³-hybridized carbons (Fsp3) is 0.143. The van der Waals surface area contributed by atoms with Crippen LogP contribution in [0.4, 0.5) is 4.39 Å². The minimum atomic E-state index is -0.417. The molecule has 0 radical (unpaired) electrons. The van der Waals surface area contributed by atoms with Crippen LogP contribution in [0.5, 0.6) is 5.75 Å². The van der Waals surface area contributed by atoms with Gasteiger partial charge in [-0.15, -0.1) is 0 Å². The van der Waals surface area contributed by atoms with Gasteiger partial charge in [0.1, 0.15) is 11.6 Å². The van der Waals surface area contributed by atoms with Crippen molar-refractivity contribution in [1.82, 2.24) is 10.4 Å². The van der Waals surface area contributed by atoms with Crippen LogP contribution in [0, 0.1) is 5.82 Å². The highest BCUT2D eigenvalue weighted by Crippen LogP contribution is 2.11. The number of aromatic nitrogens is 1. The maximum Gasteiger partial charge on any atom is 0.277 e. The Kier molecular flexibility index (Phi) is 4.49. The van der Waals surface area contributed by atoms with Crippen molar-refractivity contribution in [3.63, 3.8) is 0 Å². The van der Waals surface area contributed by atoms with Crippen molar-refractivity contribution in [3.05, 3.63) is 54.1 Å². The maximum atomic E-state index is 12.9. The molecule has 1 aromatic heterocycles. The highest BCUT2D eigenvalue weighted by molar-refractivity contribution is 5.97. The second-order valence-electron chi connectivity index (χ2n) is 4.06. The van der Waals surface area contributed by atoms with E-state index in [1.54, 1.807) is 19.2 Å². The molecule has 2 aromatic rings. The quantitative estimate of drug-likeness (QED) is 0.648. The second kappa shape index (κ2) is 6.51. The standard InChI is InChI=1S/C14H14FN3O2/c1-10(13-6-3-7-16-13)17-18-14(19)9-20-12-5-2-4-11(15)8-12/h2-8,16H,9H2,1H3,(H,18,19)/b17-10+. The second-order valence-corrected chi connectivity index (χ2v) is 4.06. The molecule has 1 amide bonds. The van der Waals surface area contributed by atoms with E-state index in [0.717, 1.165) is 5.69 Å². The van der Waals surface area contributed by atoms with E-state index in [0.29, 0.717) is 11.5 Å². The van der Waals surface area contributed by atoms with Crippen LogP contribution in [0.2, 0.25) is 0 Å². The number of benzene rings is 1. The Labute approximate surface area is 115 Å². The van der Waals surface area contributed by atoms with E-state index in [9.17, 15) is 9.18 Å². The van der Waals surface area contributed by atoms with Crippen molar-refractivity contribution in [2.75, 3.05) is 6.61 Å². The lowest BCUT2D eigenvalue weighted by atomic mass is 10.3. The Morgan fingerprint density at radius 2 is 2.25 bits per heavy atom. The molecule has 0 aliphatic rings. The van der Waals surface area contributed by atoms with Crippen LogP contribution >= 0.6 is 0 Å². The normalized spacial score (nSPS) is 11.2. The lowest BCUT2D eigenvalue weighted by Crippen LogP contribution is -2.25. The highest BCUT2D eigenvalue weighted by atomic mass is 19.1. The molecule has 0 spiro atoms. The summed E-state index contributed by atoms with van der Waals surface area (Å²) in [5, 5.41) is 3.93. The topological polar surface area (TPSA) is 66.5 Å². The van der Waals surface area contributed by atoms with Crippen molar-refractivity contribution in [1.29, 1.82) is 0 Å². The van der Waals surface area contributed by atoms with Crippen molar-refractivity contribution < 1.29 is 13.9 Å². The number of nitrogens with zero attached hydrogens (tertiary/aromatic N) is 1. The van der Waals surface area contributed by atoms with Crippen LogP contribution < -0.4 is 10.2 Å². The number of H-pyrrole nitrogens is 1. The van der Waals surface area contributed by atoms with Gasteiger partial charge in [0.2, 0.25) is 0 Å². The minimum absolute atomic E-state index is 0.231. The van der Waals surface area contributed by atoms with Crippen molar-refractivity contribution in [2.24, 2.45) is 5.10 Å². The van der Waals surface area contributed by atoms with Gasteiger partial charge in [0.25, 0.3) is 5.91 Å². The lowest BCUT2D eigenvalue weighted by molar-refractivity contribution is -0.123. The van der Waals surface area contributed by atoms with Crippen LogP contribution in [0.15, 0.2) is 47.7 Å². The minimum Gasteiger partial charge on any atom is -0.484 e. The molecule has 2 N–H and O–H groups in total. The molecule has 6 heteroatoms. The van der Waals surface area contributed by atoms with E-state index in [2.05, 4.69) is 15.5 Å². The van der Waals surface area contributed by atoms with Crippen LogP contribution in [-0.4, -0.2) is 23.2 Å². The number of ether oxygens (including phenoxy) is 1. The third-order valence-electron chi connectivity index (χ3n) is 2.50. The number of hydrogen-bond donors (Lipinski definition) is 2. The molecule has 0 unspecified atom stereocenters. The number of carbonyl (C=O) groups is 1. The molecule has 0 fully saturated rings. The molecule has 0 aliphatic carbocycles. The van der Waals surface area contributed by atoms with E-state index >= 15 is 0 Å². The number of nitrogens with one attached hydrogen (secondary N) is 2. The Balaban J connectivity index is 1.83. The van der Waals surface area contributed by atoms with Gasteiger partial charge < -0.3 is 9.72 Å². The molecule has 0 saturated heterocycles. The third kappa shape index (κ3) is 3.94. The molecule has 0 saturated carbocycles. The number of amides is 1. The Hall–Kier alpha value is -2.63. The number of hydrogen-bond acceptors (Lipinski definition) is 3. The summed E-state index contributed by atoms with van der Waals surface area (Å²) in [6, 6.07) is 9.27. The smallest absolute Gasteiger partial charge is 0.277 e. The van der Waals surface area contributed by atoms with Crippen LogP contribution in [0.3, 0.4) is 0 Å². The van der Waals surface area contributed by atoms with E-state index in [1.807, 2.05) is 12.1 Å². The van der Waals surface area contributed by atoms with E-state index in [-0.39, 0.29) is 6.61 Å². The molecule has 1 aromatic carbocycles. The van der Waals surface area contributed by atoms with Gasteiger partial charge in [-0.05, 0) is 31.2 Å². The van der Waals surface area contributed by atoms with Gasteiger partial charge in [0.15, 0.2) is 6.61 Å². The van der Waals surface area contributed by atoms with Gasteiger partial charge in [-0.2, -0.15) is 5.10 Å². The Bertz CT molecular complexity index is 609. The molecule has 2 rings (SSSR count). The SMILES string of the molecule is C/C(=N\NC(=O)COc1cccc(F)c1)c1ccc[nH]1. The zero-order valence-electron chi connectivity index (χ0n) is 10.9. The zero-order valence-corrected chi connectivity index (χ0v) is 10.9. The number of aromatic amines is 1. The molecule has 0 bridgehead atoms. The fourth-order valence-corrected chi connectivity index (χ4v) is 1.50. The van der Waals surface area contributed by atoms with Crippen LogP contribution in [0.25, 0.3) is 0 Å². The predicted molar refractivity (Wildman–Crippen MR) is 73.0 cm³/mol. The number of hydrazone groups is 1. The largest absolute Gasteiger partial charge is 0.484 e. The van der Waals surface area contributed by atoms with Crippen molar-refractivity contribution in [3.8, 4) is 5.75 Å². The summed E-state index contributed by atoms with van der Waals surface area (Å²) in [5.74, 6) is -0.533. The Morgan fingerprint density at radius 1 is 1.40 bits per heavy atom. The van der Waals surface area contributed by atoms with Crippen LogP contribution in [-0.2, 0) is 4.79 Å². The third-order valence-corrected chi connectivity index (χ3v) is 2.50. The zero-order chi connectivity index (χ0) is 14.4. The molecule has 5 nitrogen and oxygen atoms in total. The van der Waals surface area contributed by atoms with Gasteiger partial charge in [-0.25, -0.2) is 9.82 Å². The first-order valence-corrected chi connectivity index (χ1v) is 6.00. The van der Waals surface area contributed by atoms with E-state index in [4.69, 9.17) is 4.74 Å². The molecule has 0 atom stereocenters. The predicted octanol–water partition coefficient (Wildman–Crippen LogP) is 2.07. The first-order valence-electron chi connectivity index (χ1n) is 6.00. The van der Waals surface area contributed by atoms with Crippen molar-refractivity contribution >= 4 is 11.6 Å². The van der Waals surface area contributed by atoms with E-state index in [1.165, 1.54) is 18.2 Å². The molecule has 104 valence electrons. The first-order chi connectivity index (χ1) is 9.65. The average molecular weight is 275 g/mol. The summed E-state index contributed by atoms with van der Waals surface area (Å²) in [7, 11) is 0. The Morgan fingerprint density at radius 3 is 2.95 bits per heavy atom. The molecular weight excluding hydrogens is 261 g/mol. The summed E-state index contributed by atoms with van der Waals surface area (Å²) in [4.78, 5) is 14.5. The first kappa shape index (κ1) is 13.8. The van der Waals surface area contributed by atoms with Gasteiger partial charge in [-0.3, -0.25) is 4.79 Å². The molecule has 20 heavy (non-hydrogen) atoms. The number of carbonyl (C=O) groups excluding carboxylic acids is 1. The number of halogens is 1. The molecular formula is C14H14FN3O2. The molecule has 0 aliphatic heterocycles. The summed E-state index contributed by atoms with van der Waals surface area (Å²) >= 11 is 0. The van der Waals surface area contributed by atoms with Gasteiger partial charge >= 0.3 is 0 Å². The summed E-state index contributed by atoms with van der Waals surface area (Å²) in [6.07, 6.45) is 1.77. The molecule has 1 heterocycles. The highest BCUT2D eigenvalue weighted by Gasteiger charge is 2.03. The van der Waals surface area contributed by atoms with Gasteiger partial charge in [-0.1, -0.05) is 6.07 Å². The van der Waals surface area contributed by atoms with E-state index < -0.39 is 11.7 Å². The summed E-state index contributed by atoms with van der Waals surface area (Å²) in [6.45, 7) is 1.53. The monoisotopic (exact) mass is 275 g/mol. The lowest BCUT2D eigenvalue weighted by Gasteiger charge is -2.05. The fourth-order valence-electron chi connectivity index (χ4n) is 1.50. The average Bonchev–Trinajstić information content (AvgIpc) is 2.97. The summed E-state index contributed by atoms with van der Waals surface area (Å²) in [5.41, 5.74) is 3.83. The van der Waals surface area contributed by atoms with Gasteiger partial charge in [0.05, 0.1) is 11.4 Å². The van der Waals surface area contributed by atoms with Gasteiger partial charge in [0, 0.05) is 12.3 Å². The van der Waals surface area contributed by atoms with Crippen LogP contribution in [0.1, 0.15) is 12.6 Å². The number of rotatable bonds is 5. The summed E-state index contributed by atoms with van der Waals surface area (Å²) < 4.78 is 18.0.